The molecule has 10 nitrogen and oxygen atoms in total. The van der Waals surface area contributed by atoms with Crippen LogP contribution in [-0.4, -0.2) is 72.0 Å². The summed E-state index contributed by atoms with van der Waals surface area (Å²) in [5.41, 5.74) is 0.769. The van der Waals surface area contributed by atoms with Gasteiger partial charge in [0, 0.05) is 40.6 Å². The van der Waals surface area contributed by atoms with E-state index in [0.717, 1.165) is 28.9 Å². The summed E-state index contributed by atoms with van der Waals surface area (Å²) < 4.78 is 49.5. The minimum Gasteiger partial charge on any atom is -0.189 e. The Bertz CT molecular complexity index is 838. The molecule has 0 spiro atoms. The molecule has 0 aliphatic rings. The average Bonchev–Trinajstić information content (AvgIpc) is 3.19. The van der Waals surface area contributed by atoms with Crippen LogP contribution in [-0.2, 0) is 26.8 Å². The molecule has 136 valence electrons. The van der Waals surface area contributed by atoms with Gasteiger partial charge in [0.1, 0.15) is 0 Å². The quantitative estimate of drug-likeness (QED) is 0.702. The Balaban J connectivity index is 0.000000243. The van der Waals surface area contributed by atoms with Crippen molar-refractivity contribution < 1.29 is 16.8 Å². The molecule has 2 aromatic rings. The van der Waals surface area contributed by atoms with Crippen molar-refractivity contribution in [2.45, 2.75) is 13.3 Å². The molecule has 0 aromatic carbocycles. The van der Waals surface area contributed by atoms with E-state index >= 15 is 0 Å². The van der Waals surface area contributed by atoms with Crippen molar-refractivity contribution in [1.82, 2.24) is 27.0 Å². The lowest BCUT2D eigenvalue weighted by atomic mass is 10.4. The maximum Gasteiger partial charge on any atom is 0.322 e. The van der Waals surface area contributed by atoms with Crippen LogP contribution < -0.4 is 0 Å². The van der Waals surface area contributed by atoms with E-state index in [1.54, 1.807) is 12.1 Å². The summed E-state index contributed by atoms with van der Waals surface area (Å²) >= 11 is 0. The Morgan fingerprint density at radius 1 is 0.958 bits per heavy atom. The fourth-order valence-electron chi connectivity index (χ4n) is 1.39. The Morgan fingerprint density at radius 3 is 1.88 bits per heavy atom. The highest BCUT2D eigenvalue weighted by Gasteiger charge is 2.16. The highest BCUT2D eigenvalue weighted by Crippen LogP contribution is 2.02. The molecule has 12 heteroatoms. The molecular weight excluding hydrogens is 356 g/mol. The lowest BCUT2D eigenvalue weighted by Gasteiger charge is -2.09. The highest BCUT2D eigenvalue weighted by atomic mass is 32.2. The summed E-state index contributed by atoms with van der Waals surface area (Å²) in [4.78, 5) is 0. The second-order valence-electron chi connectivity index (χ2n) is 4.99. The van der Waals surface area contributed by atoms with Crippen LogP contribution >= 0.6 is 0 Å². The van der Waals surface area contributed by atoms with Crippen molar-refractivity contribution >= 4 is 20.4 Å². The van der Waals surface area contributed by atoms with Crippen molar-refractivity contribution in [3.05, 3.63) is 36.4 Å². The predicted molar refractivity (Wildman–Crippen MR) is 89.8 cm³/mol. The van der Waals surface area contributed by atoms with Crippen molar-refractivity contribution in [2.24, 2.45) is 0 Å². The fourth-order valence-corrected chi connectivity index (χ4v) is 2.88. The fraction of sp³-hybridized carbons (Fsp3) is 0.500. The maximum atomic E-state index is 11.5. The van der Waals surface area contributed by atoms with Gasteiger partial charge >= 0.3 is 20.4 Å². The Kier molecular flexibility index (Phi) is 6.66. The predicted octanol–water partition coefficient (Wildman–Crippen LogP) is -0.362. The number of hydrogen-bond donors (Lipinski definition) is 0. The number of aryl methyl sites for hydroxylation is 1. The van der Waals surface area contributed by atoms with Gasteiger partial charge in [-0.1, -0.05) is 6.92 Å². The van der Waals surface area contributed by atoms with E-state index in [9.17, 15) is 16.8 Å². The largest absolute Gasteiger partial charge is 0.322 e. The Morgan fingerprint density at radius 2 is 1.50 bits per heavy atom. The van der Waals surface area contributed by atoms with Gasteiger partial charge in [0.25, 0.3) is 0 Å². The number of nitrogens with zero attached hydrogens (tertiary/aromatic N) is 6. The van der Waals surface area contributed by atoms with E-state index in [2.05, 4.69) is 10.2 Å². The summed E-state index contributed by atoms with van der Waals surface area (Å²) in [6.07, 6.45) is 4.99. The van der Waals surface area contributed by atoms with E-state index in [0.29, 0.717) is 0 Å². The van der Waals surface area contributed by atoms with Crippen molar-refractivity contribution in [3.8, 4) is 0 Å². The molecule has 0 unspecified atom stereocenters. The first kappa shape index (κ1) is 20.3. The zero-order valence-electron chi connectivity index (χ0n) is 14.2. The lowest BCUT2D eigenvalue weighted by molar-refractivity contribution is 0.502. The summed E-state index contributed by atoms with van der Waals surface area (Å²) in [6, 6.07) is 3.25. The van der Waals surface area contributed by atoms with Crippen LogP contribution in [0.25, 0.3) is 0 Å². The van der Waals surface area contributed by atoms with Crippen LogP contribution in [0.4, 0.5) is 0 Å². The van der Waals surface area contributed by atoms with Gasteiger partial charge in [0.2, 0.25) is 0 Å². The van der Waals surface area contributed by atoms with Gasteiger partial charge in [0.15, 0.2) is 0 Å². The first-order chi connectivity index (χ1) is 11.0. The van der Waals surface area contributed by atoms with Gasteiger partial charge in [-0.3, -0.25) is 0 Å². The second-order valence-corrected chi connectivity index (χ2v) is 8.99. The van der Waals surface area contributed by atoms with Crippen molar-refractivity contribution in [3.63, 3.8) is 0 Å². The average molecular weight is 378 g/mol. The molecule has 0 fully saturated rings. The minimum atomic E-state index is -3.43. The molecule has 24 heavy (non-hydrogen) atoms. The number of aromatic nitrogens is 4. The third-order valence-corrected chi connectivity index (χ3v) is 6.07. The maximum absolute atomic E-state index is 11.5. The molecule has 0 aliphatic heterocycles. The highest BCUT2D eigenvalue weighted by molar-refractivity contribution is 7.87. The van der Waals surface area contributed by atoms with E-state index in [1.165, 1.54) is 46.8 Å². The summed E-state index contributed by atoms with van der Waals surface area (Å²) in [5.74, 6) is 0. The summed E-state index contributed by atoms with van der Waals surface area (Å²) in [5, 5.41) is 7.50. The van der Waals surface area contributed by atoms with Crippen molar-refractivity contribution in [1.29, 1.82) is 0 Å². The lowest BCUT2D eigenvalue weighted by Crippen LogP contribution is -2.29. The van der Waals surface area contributed by atoms with Crippen LogP contribution in [0, 0.1) is 0 Å². The number of rotatable bonds is 5. The molecule has 0 N–H and O–H groups in total. The first-order valence-electron chi connectivity index (χ1n) is 6.93. The van der Waals surface area contributed by atoms with Crippen LogP contribution in [0.2, 0.25) is 0 Å². The Labute approximate surface area is 142 Å². The van der Waals surface area contributed by atoms with Gasteiger partial charge in [-0.25, -0.2) is 0 Å². The molecule has 2 aromatic heterocycles. The van der Waals surface area contributed by atoms with Crippen LogP contribution in [0.1, 0.15) is 12.6 Å². The molecule has 0 amide bonds. The SMILES string of the molecule is CCc1ccn(S(=O)(=O)N(C)C)n1.CN(C)S(=O)(=O)n1cccn1. The third kappa shape index (κ3) is 4.63. The smallest absolute Gasteiger partial charge is 0.189 e. The normalized spacial score (nSPS) is 12.3. The van der Waals surface area contributed by atoms with E-state index in [1.807, 2.05) is 6.92 Å². The summed E-state index contributed by atoms with van der Waals surface area (Å²) in [7, 11) is -0.962. The minimum absolute atomic E-state index is 0.732. The standard InChI is InChI=1S/C7H13N3O2S.C5H9N3O2S/c1-4-7-5-6-10(8-7)13(11,12)9(2)3;1-7(2)11(9,10)8-5-3-4-6-8/h5-6H,4H2,1-3H3;3-5H,1-2H3. The second kappa shape index (κ2) is 7.88. The van der Waals surface area contributed by atoms with E-state index in [4.69, 9.17) is 0 Å². The van der Waals surface area contributed by atoms with E-state index in [-0.39, 0.29) is 0 Å². The van der Waals surface area contributed by atoms with Gasteiger partial charge in [-0.15, -0.1) is 0 Å². The molecule has 0 aliphatic carbocycles. The zero-order chi connectivity index (χ0) is 18.5. The van der Waals surface area contributed by atoms with Crippen LogP contribution in [0.15, 0.2) is 30.7 Å². The van der Waals surface area contributed by atoms with Crippen molar-refractivity contribution in [2.75, 3.05) is 28.2 Å². The molecule has 0 radical (unpaired) electrons. The number of hydrogen-bond acceptors (Lipinski definition) is 6. The van der Waals surface area contributed by atoms with E-state index < -0.39 is 20.4 Å². The molecule has 0 saturated heterocycles. The topological polar surface area (TPSA) is 110 Å². The molecule has 0 atom stereocenters. The monoisotopic (exact) mass is 378 g/mol. The van der Waals surface area contributed by atoms with Crippen LogP contribution in [0.3, 0.4) is 0 Å². The van der Waals surface area contributed by atoms with Gasteiger partial charge in [0.05, 0.1) is 11.9 Å². The van der Waals surface area contributed by atoms with Crippen LogP contribution in [0.5, 0.6) is 0 Å². The molecule has 2 rings (SSSR count). The van der Waals surface area contributed by atoms with Gasteiger partial charge in [-0.05, 0) is 18.6 Å². The molecule has 2 heterocycles. The molecule has 0 bridgehead atoms. The third-order valence-electron chi connectivity index (χ3n) is 2.86. The molecule has 0 saturated carbocycles. The molecular formula is C12H22N6O4S2. The first-order valence-corrected chi connectivity index (χ1v) is 9.73. The van der Waals surface area contributed by atoms with Gasteiger partial charge in [-0.2, -0.15) is 43.8 Å². The zero-order valence-corrected chi connectivity index (χ0v) is 15.9. The Hall–Kier alpha value is -1.76. The van der Waals surface area contributed by atoms with Gasteiger partial charge < -0.3 is 0 Å². The summed E-state index contributed by atoms with van der Waals surface area (Å²) in [6.45, 7) is 1.93.